The number of benzene rings is 1. The fourth-order valence-electron chi connectivity index (χ4n) is 4.83. The summed E-state index contributed by atoms with van der Waals surface area (Å²) in [4.78, 5) is 4.43. The zero-order valence-electron chi connectivity index (χ0n) is 16.4. The molecule has 2 fully saturated rings. The second-order valence-electron chi connectivity index (χ2n) is 8.36. The van der Waals surface area contributed by atoms with Gasteiger partial charge >= 0.3 is 0 Å². The molecular weight excluding hydrogens is 409 g/mol. The minimum absolute atomic E-state index is 0.151. The van der Waals surface area contributed by atoms with Gasteiger partial charge in [0.2, 0.25) is 11.8 Å². The number of halogens is 3. The molecule has 3 aliphatic rings. The molecule has 31 heavy (non-hydrogen) atoms. The lowest BCUT2D eigenvalue weighted by molar-refractivity contribution is -0.0195. The number of hydrogen-bond donors (Lipinski definition) is 2. The average Bonchev–Trinajstić information content (AvgIpc) is 3.33. The number of hydrogen-bond acceptors (Lipinski definition) is 5. The van der Waals surface area contributed by atoms with Crippen molar-refractivity contribution in [3.63, 3.8) is 0 Å². The molecule has 160 valence electrons. The normalized spacial score (nSPS) is 25.5. The minimum atomic E-state index is -2.70. The highest BCUT2D eigenvalue weighted by molar-refractivity contribution is 5.77. The zero-order valence-corrected chi connectivity index (χ0v) is 16.4. The van der Waals surface area contributed by atoms with Crippen molar-refractivity contribution < 1.29 is 22.6 Å². The Kier molecular flexibility index (Phi) is 4.05. The average molecular weight is 428 g/mol. The number of nitrogens with zero attached hydrogens (tertiary/aromatic N) is 2. The van der Waals surface area contributed by atoms with Crippen molar-refractivity contribution in [2.75, 3.05) is 0 Å². The van der Waals surface area contributed by atoms with E-state index in [1.54, 1.807) is 30.6 Å². The van der Waals surface area contributed by atoms with Gasteiger partial charge in [-0.25, -0.2) is 13.2 Å². The molecule has 6 nitrogen and oxygen atoms in total. The molecule has 3 aliphatic heterocycles. The van der Waals surface area contributed by atoms with Crippen LogP contribution < -0.4 is 14.8 Å². The summed E-state index contributed by atoms with van der Waals surface area (Å²) in [5.74, 6) is -2.38. The first-order valence-corrected chi connectivity index (χ1v) is 10.2. The van der Waals surface area contributed by atoms with Crippen LogP contribution >= 0.6 is 0 Å². The van der Waals surface area contributed by atoms with E-state index in [4.69, 9.17) is 9.47 Å². The predicted molar refractivity (Wildman–Crippen MR) is 105 cm³/mol. The molecule has 3 atom stereocenters. The summed E-state index contributed by atoms with van der Waals surface area (Å²) in [6, 6.07) is 5.59. The van der Waals surface area contributed by atoms with Crippen molar-refractivity contribution in [3.8, 4) is 34.0 Å². The molecule has 0 unspecified atom stereocenters. The van der Waals surface area contributed by atoms with Crippen molar-refractivity contribution in [2.45, 2.75) is 50.0 Å². The van der Waals surface area contributed by atoms with Crippen molar-refractivity contribution in [1.29, 1.82) is 0 Å². The fraction of sp³-hybridized carbons (Fsp3) is 0.364. The summed E-state index contributed by atoms with van der Waals surface area (Å²) in [6.07, 6.45) is 3.46. The van der Waals surface area contributed by atoms with Crippen LogP contribution in [0.1, 0.15) is 24.8 Å². The third-order valence-corrected chi connectivity index (χ3v) is 6.29. The first kappa shape index (κ1) is 18.7. The highest BCUT2D eigenvalue weighted by atomic mass is 19.3. The van der Waals surface area contributed by atoms with Crippen LogP contribution in [0.2, 0.25) is 0 Å². The molecule has 0 aliphatic carbocycles. The summed E-state index contributed by atoms with van der Waals surface area (Å²) in [5, 5.41) is 9.52. The lowest BCUT2D eigenvalue weighted by atomic mass is 9.95. The van der Waals surface area contributed by atoms with E-state index in [1.807, 2.05) is 0 Å². The van der Waals surface area contributed by atoms with E-state index >= 15 is 0 Å². The van der Waals surface area contributed by atoms with Crippen LogP contribution in [-0.4, -0.2) is 39.3 Å². The van der Waals surface area contributed by atoms with E-state index in [9.17, 15) is 13.2 Å². The highest BCUT2D eigenvalue weighted by Crippen LogP contribution is 2.42. The lowest BCUT2D eigenvalue weighted by Crippen LogP contribution is -2.46. The molecule has 6 rings (SSSR count). The van der Waals surface area contributed by atoms with Crippen LogP contribution in [0.25, 0.3) is 22.3 Å². The number of rotatable bonds is 3. The van der Waals surface area contributed by atoms with E-state index in [-0.39, 0.29) is 37.4 Å². The van der Waals surface area contributed by atoms with E-state index in [0.717, 1.165) is 5.56 Å². The maximum Gasteiger partial charge on any atom is 0.264 e. The second kappa shape index (κ2) is 6.71. The molecule has 2 bridgehead atoms. The Bertz CT molecular complexity index is 1150. The van der Waals surface area contributed by atoms with E-state index in [1.165, 1.54) is 6.07 Å². The Morgan fingerprint density at radius 1 is 1.13 bits per heavy atom. The summed E-state index contributed by atoms with van der Waals surface area (Å²) in [6.45, 7) is 0.244. The molecule has 0 amide bonds. The molecule has 5 heterocycles. The Morgan fingerprint density at radius 3 is 2.84 bits per heavy atom. The maximum absolute atomic E-state index is 14.8. The van der Waals surface area contributed by atoms with Crippen LogP contribution in [0.4, 0.5) is 13.2 Å². The van der Waals surface area contributed by atoms with Crippen LogP contribution in [0.15, 0.2) is 36.7 Å². The smallest absolute Gasteiger partial charge is 0.264 e. The number of pyridine rings is 1. The van der Waals surface area contributed by atoms with Crippen LogP contribution in [0.3, 0.4) is 0 Å². The molecule has 0 saturated carbocycles. The lowest BCUT2D eigenvalue weighted by Gasteiger charge is -2.30. The highest BCUT2D eigenvalue weighted by Gasteiger charge is 2.53. The van der Waals surface area contributed by atoms with E-state index in [0.29, 0.717) is 40.4 Å². The SMILES string of the molecule is Fc1cc2c(cc1-c1cn[nH]c1)COc1nc(O[C@H]3C[C@H]4CC(F)(F)[C@@H](C3)N4)ccc1-2. The molecule has 9 heteroatoms. The molecule has 3 aromatic rings. The number of aromatic amines is 1. The van der Waals surface area contributed by atoms with Gasteiger partial charge in [0.15, 0.2) is 0 Å². The summed E-state index contributed by atoms with van der Waals surface area (Å²) >= 11 is 0. The van der Waals surface area contributed by atoms with Crippen molar-refractivity contribution in [3.05, 3.63) is 48.0 Å². The van der Waals surface area contributed by atoms with Gasteiger partial charge in [0.25, 0.3) is 5.92 Å². The third kappa shape index (κ3) is 3.15. The Morgan fingerprint density at radius 2 is 2.03 bits per heavy atom. The monoisotopic (exact) mass is 428 g/mol. The van der Waals surface area contributed by atoms with E-state index < -0.39 is 12.0 Å². The van der Waals surface area contributed by atoms with Gasteiger partial charge in [-0.3, -0.25) is 5.10 Å². The van der Waals surface area contributed by atoms with Crippen LogP contribution in [0, 0.1) is 5.82 Å². The Hall–Kier alpha value is -3.07. The summed E-state index contributed by atoms with van der Waals surface area (Å²) in [7, 11) is 0. The first-order valence-electron chi connectivity index (χ1n) is 10.2. The number of H-pyrrole nitrogens is 1. The standard InChI is InChI=1S/C22H19F3N4O2/c23-18-6-16-11(3-17(18)12-8-26-27-9-12)10-30-21-15(16)1-2-20(29-21)31-14-4-13-7-22(24,25)19(5-14)28-13/h1-3,6,8-9,13-14,19,28H,4-5,7,10H2,(H,26,27)/t13-,14-,19+/m0/s1. The Balaban J connectivity index is 1.26. The maximum atomic E-state index is 14.8. The van der Waals surface area contributed by atoms with Gasteiger partial charge in [0.1, 0.15) is 18.5 Å². The molecule has 1 aromatic carbocycles. The van der Waals surface area contributed by atoms with Crippen molar-refractivity contribution in [2.24, 2.45) is 0 Å². The number of alkyl halides is 2. The van der Waals surface area contributed by atoms with Crippen molar-refractivity contribution in [1.82, 2.24) is 20.5 Å². The number of ether oxygens (including phenoxy) is 2. The number of aromatic nitrogens is 3. The summed E-state index contributed by atoms with van der Waals surface area (Å²) < 4.78 is 54.4. The molecule has 0 spiro atoms. The molecule has 2 aromatic heterocycles. The van der Waals surface area contributed by atoms with Crippen LogP contribution in [0.5, 0.6) is 11.8 Å². The van der Waals surface area contributed by atoms with Gasteiger partial charge in [-0.2, -0.15) is 10.1 Å². The van der Waals surface area contributed by atoms with Gasteiger partial charge in [-0.1, -0.05) is 0 Å². The fourth-order valence-corrected chi connectivity index (χ4v) is 4.83. The Labute approximate surface area is 175 Å². The van der Waals surface area contributed by atoms with Gasteiger partial charge in [0, 0.05) is 47.8 Å². The summed E-state index contributed by atoms with van der Waals surface area (Å²) in [5.41, 5.74) is 3.34. The predicted octanol–water partition coefficient (Wildman–Crippen LogP) is 4.08. The van der Waals surface area contributed by atoms with E-state index in [2.05, 4.69) is 20.5 Å². The molecular formula is C22H19F3N4O2. The zero-order chi connectivity index (χ0) is 21.2. The largest absolute Gasteiger partial charge is 0.474 e. The van der Waals surface area contributed by atoms with Gasteiger partial charge in [-0.05, 0) is 35.7 Å². The third-order valence-electron chi connectivity index (χ3n) is 6.29. The van der Waals surface area contributed by atoms with Gasteiger partial charge in [-0.15, -0.1) is 0 Å². The van der Waals surface area contributed by atoms with Crippen molar-refractivity contribution >= 4 is 0 Å². The second-order valence-corrected chi connectivity index (χ2v) is 8.36. The quantitative estimate of drug-likeness (QED) is 0.658. The molecule has 0 radical (unpaired) electrons. The van der Waals surface area contributed by atoms with Gasteiger partial charge < -0.3 is 14.8 Å². The molecule has 2 N–H and O–H groups in total. The number of nitrogens with one attached hydrogen (secondary N) is 2. The number of piperidine rings is 1. The minimum Gasteiger partial charge on any atom is -0.474 e. The topological polar surface area (TPSA) is 72.1 Å². The first-order chi connectivity index (χ1) is 15.0. The van der Waals surface area contributed by atoms with Crippen LogP contribution in [-0.2, 0) is 6.61 Å². The molecule has 2 saturated heterocycles. The number of fused-ring (bicyclic) bond motifs is 5. The van der Waals surface area contributed by atoms with Gasteiger partial charge in [0.05, 0.1) is 12.2 Å².